The predicted molar refractivity (Wildman–Crippen MR) is 78.7 cm³/mol. The molecule has 1 N–H and O–H groups in total. The van der Waals surface area contributed by atoms with Crippen LogP contribution in [0, 0.1) is 11.3 Å². The van der Waals surface area contributed by atoms with Gasteiger partial charge in [0.2, 0.25) is 0 Å². The highest BCUT2D eigenvalue weighted by atomic mass is 79.9. The summed E-state index contributed by atoms with van der Waals surface area (Å²) in [7, 11) is 0. The topological polar surface area (TPSA) is 35.8 Å². The van der Waals surface area contributed by atoms with E-state index in [1.54, 1.807) is 17.4 Å². The zero-order chi connectivity index (χ0) is 13.0. The molecule has 2 rings (SSSR count). The van der Waals surface area contributed by atoms with Crippen LogP contribution >= 0.6 is 38.9 Å². The van der Waals surface area contributed by atoms with Gasteiger partial charge in [0, 0.05) is 22.4 Å². The fourth-order valence-corrected chi connectivity index (χ4v) is 3.32. The first-order chi connectivity index (χ1) is 8.69. The summed E-state index contributed by atoms with van der Waals surface area (Å²) < 4.78 is 1.72. The summed E-state index contributed by atoms with van der Waals surface area (Å²) >= 11 is 10.9. The number of halogens is 2. The molecule has 0 saturated heterocycles. The Bertz CT molecular complexity index is 569. The van der Waals surface area contributed by atoms with E-state index in [1.165, 1.54) is 4.88 Å². The monoisotopic (exact) mass is 340 g/mol. The Morgan fingerprint density at radius 1 is 1.33 bits per heavy atom. The quantitative estimate of drug-likeness (QED) is 0.898. The summed E-state index contributed by atoms with van der Waals surface area (Å²) in [6, 6.07) is 11.8. The molecular weight excluding hydrogens is 332 g/mol. The number of hydrogen-bond donors (Lipinski definition) is 1. The Morgan fingerprint density at radius 3 is 2.83 bits per heavy atom. The van der Waals surface area contributed by atoms with E-state index < -0.39 is 0 Å². The van der Waals surface area contributed by atoms with Gasteiger partial charge in [0.1, 0.15) is 4.34 Å². The van der Waals surface area contributed by atoms with Crippen LogP contribution in [0.15, 0.2) is 34.8 Å². The second kappa shape index (κ2) is 6.35. The maximum Gasteiger partial charge on any atom is 0.107 e. The lowest BCUT2D eigenvalue weighted by atomic mass is 10.1. The van der Waals surface area contributed by atoms with E-state index in [0.29, 0.717) is 5.56 Å². The minimum Gasteiger partial charge on any atom is -0.308 e. The van der Waals surface area contributed by atoms with Gasteiger partial charge in [0.05, 0.1) is 11.6 Å². The van der Waals surface area contributed by atoms with Crippen LogP contribution < -0.4 is 5.32 Å². The lowest BCUT2D eigenvalue weighted by Crippen LogP contribution is -2.11. The van der Waals surface area contributed by atoms with E-state index in [9.17, 15) is 0 Å². The summed E-state index contributed by atoms with van der Waals surface area (Å²) in [5, 5.41) is 12.1. The van der Waals surface area contributed by atoms with Crippen molar-refractivity contribution in [3.63, 3.8) is 0 Å². The summed E-state index contributed by atoms with van der Waals surface area (Å²) in [5.74, 6) is 0. The summed E-state index contributed by atoms with van der Waals surface area (Å²) in [6.45, 7) is 1.51. The van der Waals surface area contributed by atoms with Gasteiger partial charge >= 0.3 is 0 Å². The first-order valence-electron chi connectivity index (χ1n) is 5.32. The van der Waals surface area contributed by atoms with Gasteiger partial charge in [-0.2, -0.15) is 5.26 Å². The molecule has 0 atom stereocenters. The van der Waals surface area contributed by atoms with Crippen molar-refractivity contribution in [1.82, 2.24) is 5.32 Å². The van der Waals surface area contributed by atoms with Crippen LogP contribution in [0.3, 0.4) is 0 Å². The second-order valence-corrected chi connectivity index (χ2v) is 6.34. The van der Waals surface area contributed by atoms with Crippen molar-refractivity contribution in [2.24, 2.45) is 0 Å². The predicted octanol–water partition coefficient (Wildman–Crippen LogP) is 4.33. The number of nitriles is 1. The normalized spacial score (nSPS) is 10.3. The van der Waals surface area contributed by atoms with Crippen LogP contribution in [-0.4, -0.2) is 0 Å². The van der Waals surface area contributed by atoms with E-state index in [1.807, 2.05) is 24.3 Å². The van der Waals surface area contributed by atoms with Crippen molar-refractivity contribution in [2.75, 3.05) is 0 Å². The molecule has 0 saturated carbocycles. The van der Waals surface area contributed by atoms with Crippen molar-refractivity contribution in [3.8, 4) is 6.07 Å². The Morgan fingerprint density at radius 2 is 2.17 bits per heavy atom. The zero-order valence-corrected chi connectivity index (χ0v) is 12.6. The number of nitrogens with zero attached hydrogens (tertiary/aromatic N) is 1. The SMILES string of the molecule is N#Cc1cccc(CNCc2cc(Br)c(Cl)s2)c1. The molecule has 5 heteroatoms. The molecular formula is C13H10BrClN2S. The van der Waals surface area contributed by atoms with Gasteiger partial charge in [-0.1, -0.05) is 23.7 Å². The average molecular weight is 342 g/mol. The molecule has 18 heavy (non-hydrogen) atoms. The highest BCUT2D eigenvalue weighted by Crippen LogP contribution is 2.31. The van der Waals surface area contributed by atoms with Crippen LogP contribution in [0.1, 0.15) is 16.0 Å². The molecule has 0 aliphatic heterocycles. The smallest absolute Gasteiger partial charge is 0.107 e. The van der Waals surface area contributed by atoms with E-state index in [2.05, 4.69) is 27.3 Å². The van der Waals surface area contributed by atoms with E-state index in [0.717, 1.165) is 27.5 Å². The fourth-order valence-electron chi connectivity index (χ4n) is 1.56. The van der Waals surface area contributed by atoms with E-state index in [4.69, 9.17) is 16.9 Å². The Hall–Kier alpha value is -0.860. The molecule has 0 aliphatic rings. The van der Waals surface area contributed by atoms with Crippen LogP contribution in [0.25, 0.3) is 0 Å². The number of benzene rings is 1. The summed E-state index contributed by atoms with van der Waals surface area (Å²) in [4.78, 5) is 1.18. The molecule has 0 bridgehead atoms. The van der Waals surface area contributed by atoms with Gasteiger partial charge in [0.15, 0.2) is 0 Å². The molecule has 2 aromatic rings. The standard InChI is InChI=1S/C13H10BrClN2S/c14-12-5-11(18-13(12)15)8-17-7-10-3-1-2-9(4-10)6-16/h1-5,17H,7-8H2. The van der Waals surface area contributed by atoms with Crippen molar-refractivity contribution < 1.29 is 0 Å². The Kier molecular flexibility index (Phi) is 4.79. The zero-order valence-electron chi connectivity index (χ0n) is 9.41. The maximum atomic E-state index is 8.81. The third-order valence-corrected chi connectivity index (χ3v) is 4.86. The minimum absolute atomic E-state index is 0.691. The largest absolute Gasteiger partial charge is 0.308 e. The third kappa shape index (κ3) is 3.56. The van der Waals surface area contributed by atoms with Crippen LogP contribution in [0.4, 0.5) is 0 Å². The fraction of sp³-hybridized carbons (Fsp3) is 0.154. The lowest BCUT2D eigenvalue weighted by Gasteiger charge is -2.03. The van der Waals surface area contributed by atoms with E-state index >= 15 is 0 Å². The first kappa shape index (κ1) is 13.6. The Balaban J connectivity index is 1.90. The highest BCUT2D eigenvalue weighted by molar-refractivity contribution is 9.10. The molecule has 0 spiro atoms. The molecule has 1 heterocycles. The van der Waals surface area contributed by atoms with Crippen molar-refractivity contribution in [1.29, 1.82) is 5.26 Å². The molecule has 0 amide bonds. The van der Waals surface area contributed by atoms with Crippen LogP contribution in [-0.2, 0) is 13.1 Å². The van der Waals surface area contributed by atoms with Gasteiger partial charge in [-0.3, -0.25) is 0 Å². The summed E-state index contributed by atoms with van der Waals surface area (Å²) in [5.41, 5.74) is 1.80. The van der Waals surface area contributed by atoms with Gasteiger partial charge in [-0.15, -0.1) is 11.3 Å². The van der Waals surface area contributed by atoms with Crippen molar-refractivity contribution in [2.45, 2.75) is 13.1 Å². The Labute approximate surface area is 123 Å². The first-order valence-corrected chi connectivity index (χ1v) is 7.31. The number of thiophene rings is 1. The van der Waals surface area contributed by atoms with Crippen molar-refractivity contribution >= 4 is 38.9 Å². The highest BCUT2D eigenvalue weighted by Gasteiger charge is 2.04. The van der Waals surface area contributed by atoms with E-state index in [-0.39, 0.29) is 0 Å². The van der Waals surface area contributed by atoms with Crippen molar-refractivity contribution in [3.05, 3.63) is 55.1 Å². The lowest BCUT2D eigenvalue weighted by molar-refractivity contribution is 0.701. The van der Waals surface area contributed by atoms with Gasteiger partial charge in [0.25, 0.3) is 0 Å². The van der Waals surface area contributed by atoms with Crippen LogP contribution in [0.5, 0.6) is 0 Å². The van der Waals surface area contributed by atoms with Gasteiger partial charge in [-0.25, -0.2) is 0 Å². The molecule has 1 aromatic carbocycles. The molecule has 1 aromatic heterocycles. The molecule has 2 nitrogen and oxygen atoms in total. The molecule has 0 fully saturated rings. The number of hydrogen-bond acceptors (Lipinski definition) is 3. The van der Waals surface area contributed by atoms with Gasteiger partial charge in [-0.05, 0) is 39.7 Å². The minimum atomic E-state index is 0.691. The molecule has 0 radical (unpaired) electrons. The van der Waals surface area contributed by atoms with Gasteiger partial charge < -0.3 is 5.32 Å². The number of nitrogens with one attached hydrogen (secondary N) is 1. The van der Waals surface area contributed by atoms with Crippen LogP contribution in [0.2, 0.25) is 4.34 Å². The molecule has 92 valence electrons. The maximum absolute atomic E-state index is 8.81. The molecule has 0 aliphatic carbocycles. The average Bonchev–Trinajstić information content (AvgIpc) is 2.69. The third-order valence-electron chi connectivity index (χ3n) is 2.38. The molecule has 0 unspecified atom stereocenters. The summed E-state index contributed by atoms with van der Waals surface area (Å²) in [6.07, 6.45) is 0. The second-order valence-electron chi connectivity index (χ2n) is 3.75. The number of rotatable bonds is 4.